The van der Waals surface area contributed by atoms with E-state index in [4.69, 9.17) is 0 Å². The van der Waals surface area contributed by atoms with E-state index in [9.17, 15) is 14.5 Å². The van der Waals surface area contributed by atoms with Gasteiger partial charge in [0.15, 0.2) is 5.75 Å². The molecule has 0 fully saturated rings. The lowest BCUT2D eigenvalue weighted by Gasteiger charge is -1.99. The van der Waals surface area contributed by atoms with Crippen LogP contribution in [-0.4, -0.2) is 17.0 Å². The molecule has 0 saturated heterocycles. The van der Waals surface area contributed by atoms with Crippen LogP contribution in [0.25, 0.3) is 0 Å². The summed E-state index contributed by atoms with van der Waals surface area (Å²) in [5.41, 5.74) is 0. The second kappa shape index (κ2) is 3.12. The highest BCUT2D eigenvalue weighted by Gasteiger charge is 2.19. The summed E-state index contributed by atoms with van der Waals surface area (Å²) in [6.45, 7) is 0. The van der Waals surface area contributed by atoms with Crippen LogP contribution in [0.2, 0.25) is 0 Å². The maximum Gasteiger partial charge on any atom is 0.403 e. The Bertz CT molecular complexity index is 316. The van der Waals surface area contributed by atoms with Crippen molar-refractivity contribution in [3.05, 3.63) is 28.2 Å². The fraction of sp³-hybridized carbons (Fsp3) is 0.167. The van der Waals surface area contributed by atoms with E-state index in [1.807, 2.05) is 0 Å². The second-order valence-corrected chi connectivity index (χ2v) is 1.91. The minimum Gasteiger partial charge on any atom is -0.493 e. The van der Waals surface area contributed by atoms with Crippen LogP contribution in [-0.2, 0) is 0 Å². The number of hydrogen-bond acceptors (Lipinski definition) is 4. The smallest absolute Gasteiger partial charge is 0.403 e. The van der Waals surface area contributed by atoms with Crippen LogP contribution in [0.3, 0.4) is 0 Å². The second-order valence-electron chi connectivity index (χ2n) is 1.91. The monoisotopic (exact) mass is 172 g/mol. The summed E-state index contributed by atoms with van der Waals surface area (Å²) in [5, 5.41) is 10.1. The van der Waals surface area contributed by atoms with Gasteiger partial charge in [0.2, 0.25) is 0 Å². The Morgan fingerprint density at radius 1 is 1.75 bits per heavy atom. The molecule has 0 radical (unpaired) electrons. The third-order valence-electron chi connectivity index (χ3n) is 1.23. The van der Waals surface area contributed by atoms with E-state index >= 15 is 0 Å². The molecule has 0 spiro atoms. The molecule has 5 nitrogen and oxygen atoms in total. The van der Waals surface area contributed by atoms with Gasteiger partial charge in [0.05, 0.1) is 7.11 Å². The first-order chi connectivity index (χ1) is 5.66. The molecule has 0 atom stereocenters. The van der Waals surface area contributed by atoms with E-state index in [1.54, 1.807) is 0 Å². The van der Waals surface area contributed by atoms with Crippen LogP contribution >= 0.6 is 0 Å². The zero-order chi connectivity index (χ0) is 9.14. The number of ether oxygens (including phenoxy) is 1. The Morgan fingerprint density at radius 3 is 2.92 bits per heavy atom. The van der Waals surface area contributed by atoms with Gasteiger partial charge in [0, 0.05) is 6.07 Å². The summed E-state index contributed by atoms with van der Waals surface area (Å²) in [5.74, 6) is -2.06. The number of nitrogens with zero attached hydrogens (tertiary/aromatic N) is 2. The highest BCUT2D eigenvalue weighted by atomic mass is 19.1. The van der Waals surface area contributed by atoms with Gasteiger partial charge in [-0.2, -0.15) is 4.39 Å². The molecule has 12 heavy (non-hydrogen) atoms. The molecule has 0 aliphatic carbocycles. The van der Waals surface area contributed by atoms with Gasteiger partial charge >= 0.3 is 5.82 Å². The molecule has 1 aromatic heterocycles. The molecular weight excluding hydrogens is 167 g/mol. The van der Waals surface area contributed by atoms with Gasteiger partial charge in [0.1, 0.15) is 6.20 Å². The van der Waals surface area contributed by atoms with Gasteiger partial charge in [-0.1, -0.05) is 0 Å². The summed E-state index contributed by atoms with van der Waals surface area (Å²) >= 11 is 0. The maximum atomic E-state index is 12.9. The summed E-state index contributed by atoms with van der Waals surface area (Å²) in [6.07, 6.45) is 1.11. The average Bonchev–Trinajstić information content (AvgIpc) is 2.04. The first kappa shape index (κ1) is 8.38. The molecular formula is C6H5FN2O3. The molecule has 6 heteroatoms. The minimum absolute atomic E-state index is 0.184. The number of rotatable bonds is 2. The fourth-order valence-corrected chi connectivity index (χ4v) is 0.701. The Hall–Kier alpha value is -1.72. The Labute approximate surface area is 66.9 Å². The van der Waals surface area contributed by atoms with Crippen molar-refractivity contribution in [2.75, 3.05) is 7.11 Å². The molecule has 0 aromatic carbocycles. The lowest BCUT2D eigenvalue weighted by atomic mass is 10.4. The van der Waals surface area contributed by atoms with Crippen molar-refractivity contribution in [2.45, 2.75) is 0 Å². The summed E-state index contributed by atoms with van der Waals surface area (Å²) in [7, 11) is 1.22. The van der Waals surface area contributed by atoms with Crippen molar-refractivity contribution in [3.8, 4) is 5.75 Å². The third-order valence-corrected chi connectivity index (χ3v) is 1.23. The van der Waals surface area contributed by atoms with E-state index in [1.165, 1.54) is 13.2 Å². The first-order valence-electron chi connectivity index (χ1n) is 2.99. The normalized spacial score (nSPS) is 9.50. The maximum absolute atomic E-state index is 12.9. The molecule has 1 heterocycles. The van der Waals surface area contributed by atoms with E-state index in [2.05, 4.69) is 9.72 Å². The van der Waals surface area contributed by atoms with Gasteiger partial charge in [-0.05, 0) is 9.91 Å². The largest absolute Gasteiger partial charge is 0.493 e. The fourth-order valence-electron chi connectivity index (χ4n) is 0.701. The lowest BCUT2D eigenvalue weighted by molar-refractivity contribution is -0.392. The van der Waals surface area contributed by atoms with Crippen LogP contribution in [0.1, 0.15) is 0 Å². The number of aromatic nitrogens is 1. The Kier molecular flexibility index (Phi) is 2.18. The number of pyridine rings is 1. The number of halogens is 1. The quantitative estimate of drug-likeness (QED) is 0.495. The van der Waals surface area contributed by atoms with Gasteiger partial charge in [-0.25, -0.2) is 0 Å². The van der Waals surface area contributed by atoms with Gasteiger partial charge < -0.3 is 14.9 Å². The van der Waals surface area contributed by atoms with Crippen molar-refractivity contribution >= 4 is 5.82 Å². The van der Waals surface area contributed by atoms with E-state index < -0.39 is 16.6 Å². The summed E-state index contributed by atoms with van der Waals surface area (Å²) in [4.78, 5) is 12.5. The summed E-state index contributed by atoms with van der Waals surface area (Å²) < 4.78 is 17.4. The van der Waals surface area contributed by atoms with Crippen molar-refractivity contribution in [1.29, 1.82) is 0 Å². The number of hydrogen-bond donors (Lipinski definition) is 0. The Morgan fingerprint density at radius 2 is 2.42 bits per heavy atom. The van der Waals surface area contributed by atoms with Gasteiger partial charge in [-0.15, -0.1) is 0 Å². The summed E-state index contributed by atoms with van der Waals surface area (Å²) in [6, 6.07) is 1.21. The lowest BCUT2D eigenvalue weighted by Crippen LogP contribution is -1.98. The number of methoxy groups -OCH3 is 1. The van der Waals surface area contributed by atoms with Crippen LogP contribution in [0, 0.1) is 15.9 Å². The molecule has 0 saturated carbocycles. The highest BCUT2D eigenvalue weighted by Crippen LogP contribution is 2.22. The van der Waals surface area contributed by atoms with Crippen LogP contribution in [0.5, 0.6) is 5.75 Å². The van der Waals surface area contributed by atoms with Crippen molar-refractivity contribution in [3.63, 3.8) is 0 Å². The Balaban J connectivity index is 3.23. The first-order valence-corrected chi connectivity index (χ1v) is 2.99. The topological polar surface area (TPSA) is 65.3 Å². The predicted molar refractivity (Wildman–Crippen MR) is 37.4 cm³/mol. The zero-order valence-electron chi connectivity index (χ0n) is 6.15. The molecule has 0 unspecified atom stereocenters. The molecule has 0 aliphatic rings. The molecule has 1 aromatic rings. The van der Waals surface area contributed by atoms with Crippen LogP contribution in [0.4, 0.5) is 10.2 Å². The van der Waals surface area contributed by atoms with E-state index in [0.717, 1.165) is 6.20 Å². The molecule has 0 bridgehead atoms. The van der Waals surface area contributed by atoms with E-state index in [-0.39, 0.29) is 5.75 Å². The molecule has 0 N–H and O–H groups in total. The zero-order valence-corrected chi connectivity index (χ0v) is 6.15. The van der Waals surface area contributed by atoms with Gasteiger partial charge in [0.25, 0.3) is 5.82 Å². The highest BCUT2D eigenvalue weighted by molar-refractivity contribution is 5.33. The van der Waals surface area contributed by atoms with E-state index in [0.29, 0.717) is 0 Å². The standard InChI is InChI=1S/C6H5FN2O3/c1-12-4-2-3-8-6(5(4)7)9(10)11/h2-3H,1H3. The average molecular weight is 172 g/mol. The van der Waals surface area contributed by atoms with Gasteiger partial charge in [-0.3, -0.25) is 0 Å². The van der Waals surface area contributed by atoms with Crippen molar-refractivity contribution in [2.24, 2.45) is 0 Å². The van der Waals surface area contributed by atoms with Crippen LogP contribution < -0.4 is 4.74 Å². The molecule has 0 aliphatic heterocycles. The predicted octanol–water partition coefficient (Wildman–Crippen LogP) is 1.14. The van der Waals surface area contributed by atoms with Crippen molar-refractivity contribution in [1.82, 2.24) is 4.98 Å². The SMILES string of the molecule is COc1ccnc([N+](=O)[O-])c1F. The number of nitro groups is 1. The van der Waals surface area contributed by atoms with Crippen molar-refractivity contribution < 1.29 is 14.1 Å². The molecule has 64 valence electrons. The molecule has 1 rings (SSSR count). The molecule has 0 amide bonds. The third kappa shape index (κ3) is 1.31. The van der Waals surface area contributed by atoms with Crippen LogP contribution in [0.15, 0.2) is 12.3 Å². The minimum atomic E-state index is -1.05.